The van der Waals surface area contributed by atoms with Crippen LogP contribution in [-0.4, -0.2) is 37.1 Å². The number of carbonyl (C=O) groups excluding carboxylic acids is 1. The molecule has 0 aliphatic carbocycles. The van der Waals surface area contributed by atoms with E-state index in [2.05, 4.69) is 10.2 Å². The highest BCUT2D eigenvalue weighted by Gasteiger charge is 2.21. The van der Waals surface area contributed by atoms with Gasteiger partial charge in [0.05, 0.1) is 0 Å². The van der Waals surface area contributed by atoms with Crippen LogP contribution in [-0.2, 0) is 0 Å². The number of nitrogens with one attached hydrogen (secondary N) is 1. The third-order valence-corrected chi connectivity index (χ3v) is 4.28. The summed E-state index contributed by atoms with van der Waals surface area (Å²) in [6.45, 7) is 5.08. The Kier molecular flexibility index (Phi) is 4.72. The normalized spacial score (nSPS) is 14.7. The molecule has 2 aromatic rings. The van der Waals surface area contributed by atoms with Crippen molar-refractivity contribution < 1.29 is 4.79 Å². The molecule has 0 spiro atoms. The van der Waals surface area contributed by atoms with E-state index < -0.39 is 0 Å². The first kappa shape index (κ1) is 15.7. The van der Waals surface area contributed by atoms with E-state index >= 15 is 0 Å². The molecule has 3 rings (SSSR count). The highest BCUT2D eigenvalue weighted by molar-refractivity contribution is 6.30. The van der Waals surface area contributed by atoms with Gasteiger partial charge in [-0.3, -0.25) is 0 Å². The molecular weight excluding hydrogens is 310 g/mol. The zero-order valence-electron chi connectivity index (χ0n) is 13.1. The van der Waals surface area contributed by atoms with Crippen LogP contribution in [0.15, 0.2) is 48.5 Å². The molecule has 1 saturated heterocycles. The fourth-order valence-electron chi connectivity index (χ4n) is 2.74. The predicted molar refractivity (Wildman–Crippen MR) is 95.4 cm³/mol. The number of halogens is 1. The van der Waals surface area contributed by atoms with Crippen molar-refractivity contribution in [3.63, 3.8) is 0 Å². The number of hydrogen-bond donors (Lipinski definition) is 1. The number of rotatable bonds is 2. The van der Waals surface area contributed by atoms with Gasteiger partial charge in [-0.25, -0.2) is 4.79 Å². The topological polar surface area (TPSA) is 35.6 Å². The molecule has 0 unspecified atom stereocenters. The SMILES string of the molecule is Cc1cccc(NC(=O)N2CCN(c3ccc(Cl)cc3)CC2)c1. The molecule has 4 nitrogen and oxygen atoms in total. The number of nitrogens with zero attached hydrogens (tertiary/aromatic N) is 2. The van der Waals surface area contributed by atoms with Crippen molar-refractivity contribution in [1.29, 1.82) is 0 Å². The second-order valence-electron chi connectivity index (χ2n) is 5.75. The van der Waals surface area contributed by atoms with Crippen LogP contribution >= 0.6 is 11.6 Å². The minimum absolute atomic E-state index is 0.0358. The minimum atomic E-state index is -0.0358. The van der Waals surface area contributed by atoms with Gasteiger partial charge in [-0.2, -0.15) is 0 Å². The van der Waals surface area contributed by atoms with Gasteiger partial charge in [0, 0.05) is 42.6 Å². The van der Waals surface area contributed by atoms with Gasteiger partial charge in [-0.1, -0.05) is 23.7 Å². The molecule has 5 heteroatoms. The van der Waals surface area contributed by atoms with Crippen LogP contribution in [0, 0.1) is 6.92 Å². The summed E-state index contributed by atoms with van der Waals surface area (Å²) in [6.07, 6.45) is 0. The summed E-state index contributed by atoms with van der Waals surface area (Å²) < 4.78 is 0. The van der Waals surface area contributed by atoms with E-state index in [0.29, 0.717) is 13.1 Å². The Morgan fingerprint density at radius 1 is 1.04 bits per heavy atom. The van der Waals surface area contributed by atoms with E-state index in [9.17, 15) is 4.79 Å². The largest absolute Gasteiger partial charge is 0.368 e. The summed E-state index contributed by atoms with van der Waals surface area (Å²) in [4.78, 5) is 16.5. The maximum Gasteiger partial charge on any atom is 0.321 e. The molecule has 2 amide bonds. The van der Waals surface area contributed by atoms with E-state index in [1.807, 2.05) is 60.4 Å². The summed E-state index contributed by atoms with van der Waals surface area (Å²) in [6, 6.07) is 15.6. The zero-order valence-corrected chi connectivity index (χ0v) is 13.9. The van der Waals surface area contributed by atoms with E-state index in [-0.39, 0.29) is 6.03 Å². The number of aryl methyl sites for hydroxylation is 1. The second kappa shape index (κ2) is 6.92. The lowest BCUT2D eigenvalue weighted by Crippen LogP contribution is -2.50. The Hall–Kier alpha value is -2.20. The highest BCUT2D eigenvalue weighted by Crippen LogP contribution is 2.20. The molecule has 0 radical (unpaired) electrons. The van der Waals surface area contributed by atoms with Gasteiger partial charge in [0.15, 0.2) is 0 Å². The Bertz CT molecular complexity index is 679. The van der Waals surface area contributed by atoms with E-state index in [1.54, 1.807) is 0 Å². The molecule has 0 atom stereocenters. The van der Waals surface area contributed by atoms with Crippen molar-refractivity contribution in [2.75, 3.05) is 36.4 Å². The van der Waals surface area contributed by atoms with Crippen LogP contribution in [0.5, 0.6) is 0 Å². The number of benzene rings is 2. The molecule has 23 heavy (non-hydrogen) atoms. The summed E-state index contributed by atoms with van der Waals surface area (Å²) in [5.74, 6) is 0. The van der Waals surface area contributed by atoms with E-state index in [4.69, 9.17) is 11.6 Å². The molecule has 0 saturated carbocycles. The molecule has 0 aromatic heterocycles. The van der Waals surface area contributed by atoms with Crippen LogP contribution in [0.25, 0.3) is 0 Å². The Balaban J connectivity index is 1.56. The summed E-state index contributed by atoms with van der Waals surface area (Å²) in [7, 11) is 0. The molecule has 1 N–H and O–H groups in total. The Morgan fingerprint density at radius 3 is 2.39 bits per heavy atom. The minimum Gasteiger partial charge on any atom is -0.368 e. The molecule has 120 valence electrons. The van der Waals surface area contributed by atoms with Crippen LogP contribution in [0.3, 0.4) is 0 Å². The maximum atomic E-state index is 12.3. The number of hydrogen-bond acceptors (Lipinski definition) is 2. The quantitative estimate of drug-likeness (QED) is 0.903. The van der Waals surface area contributed by atoms with Crippen molar-refractivity contribution in [3.05, 3.63) is 59.1 Å². The smallest absolute Gasteiger partial charge is 0.321 e. The average Bonchev–Trinajstić information content (AvgIpc) is 2.56. The fourth-order valence-corrected chi connectivity index (χ4v) is 2.87. The van der Waals surface area contributed by atoms with Crippen LogP contribution in [0.4, 0.5) is 16.2 Å². The Morgan fingerprint density at radius 2 is 1.74 bits per heavy atom. The standard InChI is InChI=1S/C18H20ClN3O/c1-14-3-2-4-16(13-14)20-18(23)22-11-9-21(10-12-22)17-7-5-15(19)6-8-17/h2-8,13H,9-12H2,1H3,(H,20,23). The van der Waals surface area contributed by atoms with Crippen LogP contribution in [0.1, 0.15) is 5.56 Å². The molecule has 1 aliphatic rings. The first-order valence-corrected chi connectivity index (χ1v) is 8.13. The number of piperazine rings is 1. The van der Waals surface area contributed by atoms with E-state index in [0.717, 1.165) is 35.1 Å². The molecule has 0 bridgehead atoms. The second-order valence-corrected chi connectivity index (χ2v) is 6.19. The van der Waals surface area contributed by atoms with Crippen molar-refractivity contribution >= 4 is 29.0 Å². The van der Waals surface area contributed by atoms with Gasteiger partial charge in [0.1, 0.15) is 0 Å². The number of amides is 2. The van der Waals surface area contributed by atoms with Crippen LogP contribution in [0.2, 0.25) is 5.02 Å². The number of urea groups is 1. The molecule has 1 heterocycles. The Labute approximate surface area is 141 Å². The maximum absolute atomic E-state index is 12.3. The predicted octanol–water partition coefficient (Wildman–Crippen LogP) is 4.00. The van der Waals surface area contributed by atoms with Gasteiger partial charge in [-0.15, -0.1) is 0 Å². The highest BCUT2D eigenvalue weighted by atomic mass is 35.5. The number of carbonyl (C=O) groups is 1. The third kappa shape index (κ3) is 3.96. The summed E-state index contributed by atoms with van der Waals surface area (Å²) in [5.41, 5.74) is 3.12. The molecule has 1 fully saturated rings. The van der Waals surface area contributed by atoms with Gasteiger partial charge >= 0.3 is 6.03 Å². The van der Waals surface area contributed by atoms with Gasteiger partial charge in [0.25, 0.3) is 0 Å². The lowest BCUT2D eigenvalue weighted by molar-refractivity contribution is 0.208. The lowest BCUT2D eigenvalue weighted by Gasteiger charge is -2.36. The van der Waals surface area contributed by atoms with Crippen molar-refractivity contribution in [3.8, 4) is 0 Å². The molecule has 1 aliphatic heterocycles. The molecule has 2 aromatic carbocycles. The monoisotopic (exact) mass is 329 g/mol. The van der Waals surface area contributed by atoms with Crippen molar-refractivity contribution in [1.82, 2.24) is 4.90 Å². The third-order valence-electron chi connectivity index (χ3n) is 4.03. The number of anilines is 2. The first-order chi connectivity index (χ1) is 11.1. The fraction of sp³-hybridized carbons (Fsp3) is 0.278. The first-order valence-electron chi connectivity index (χ1n) is 7.75. The van der Waals surface area contributed by atoms with Crippen molar-refractivity contribution in [2.45, 2.75) is 6.92 Å². The van der Waals surface area contributed by atoms with Crippen molar-refractivity contribution in [2.24, 2.45) is 0 Å². The summed E-state index contributed by atoms with van der Waals surface area (Å²) in [5, 5.41) is 3.71. The van der Waals surface area contributed by atoms with Crippen LogP contribution < -0.4 is 10.2 Å². The van der Waals surface area contributed by atoms with Gasteiger partial charge < -0.3 is 15.1 Å². The average molecular weight is 330 g/mol. The van der Waals surface area contributed by atoms with Gasteiger partial charge in [0.2, 0.25) is 0 Å². The lowest BCUT2D eigenvalue weighted by atomic mass is 10.2. The zero-order chi connectivity index (χ0) is 16.2. The van der Waals surface area contributed by atoms with Gasteiger partial charge in [-0.05, 0) is 48.9 Å². The van der Waals surface area contributed by atoms with E-state index in [1.165, 1.54) is 0 Å². The molecular formula is C18H20ClN3O. The summed E-state index contributed by atoms with van der Waals surface area (Å²) >= 11 is 5.92.